The van der Waals surface area contributed by atoms with Gasteiger partial charge < -0.3 is 10.4 Å². The van der Waals surface area contributed by atoms with Crippen LogP contribution in [0.25, 0.3) is 0 Å². The second kappa shape index (κ2) is 8.11. The Hall–Kier alpha value is -2.14. The summed E-state index contributed by atoms with van der Waals surface area (Å²) in [5, 5.41) is 17.4. The zero-order chi connectivity index (χ0) is 17.7. The van der Waals surface area contributed by atoms with E-state index in [2.05, 4.69) is 24.3 Å². The first-order valence-corrected chi connectivity index (χ1v) is 8.49. The van der Waals surface area contributed by atoms with Gasteiger partial charge in [0.05, 0.1) is 23.6 Å². The molecule has 0 aliphatic carbocycles. The number of carbonyl (C=O) groups excluding carboxylic acids is 1. The Morgan fingerprint density at radius 3 is 2.75 bits per heavy atom. The molecule has 1 heterocycles. The van der Waals surface area contributed by atoms with Crippen LogP contribution in [0.5, 0.6) is 0 Å². The maximum Gasteiger partial charge on any atom is 0.254 e. The van der Waals surface area contributed by atoms with Crippen LogP contribution in [0.3, 0.4) is 0 Å². The number of carbonyl (C=O) groups is 1. The number of benzene rings is 1. The Bertz CT molecular complexity index is 692. The van der Waals surface area contributed by atoms with Gasteiger partial charge in [-0.2, -0.15) is 5.10 Å². The van der Waals surface area contributed by atoms with Crippen LogP contribution in [-0.4, -0.2) is 27.3 Å². The third kappa shape index (κ3) is 4.45. The second-order valence-corrected chi connectivity index (χ2v) is 6.57. The van der Waals surface area contributed by atoms with Gasteiger partial charge in [0, 0.05) is 13.1 Å². The monoisotopic (exact) mass is 329 g/mol. The van der Waals surface area contributed by atoms with Crippen LogP contribution in [0.2, 0.25) is 0 Å². The van der Waals surface area contributed by atoms with E-state index in [0.717, 1.165) is 29.8 Å². The van der Waals surface area contributed by atoms with E-state index < -0.39 is 6.10 Å². The predicted molar refractivity (Wildman–Crippen MR) is 94.9 cm³/mol. The number of hydrogen-bond donors (Lipinski definition) is 2. The molecular formula is C19H27N3O2. The minimum absolute atomic E-state index is 0.181. The number of nitrogens with one attached hydrogen (secondary N) is 1. The van der Waals surface area contributed by atoms with Crippen LogP contribution in [0.4, 0.5) is 0 Å². The van der Waals surface area contributed by atoms with E-state index in [1.165, 1.54) is 0 Å². The molecule has 1 atom stereocenters. The van der Waals surface area contributed by atoms with Gasteiger partial charge in [-0.05, 0) is 24.8 Å². The molecule has 5 nitrogen and oxygen atoms in total. The summed E-state index contributed by atoms with van der Waals surface area (Å²) in [5.74, 6) is 0.280. The average molecular weight is 329 g/mol. The number of amides is 1. The SMILES string of the molecule is CCc1c(C(=O)NCC(O)c2cccc(C)c2)cnn1CC(C)C. The fraction of sp³-hybridized carbons (Fsp3) is 0.474. The Balaban J connectivity index is 2.03. The summed E-state index contributed by atoms with van der Waals surface area (Å²) in [7, 11) is 0. The number of aliphatic hydroxyl groups excluding tert-OH is 1. The van der Waals surface area contributed by atoms with Crippen molar-refractivity contribution in [1.82, 2.24) is 15.1 Å². The number of hydrogen-bond acceptors (Lipinski definition) is 3. The van der Waals surface area contributed by atoms with Crippen molar-refractivity contribution in [3.8, 4) is 0 Å². The summed E-state index contributed by atoms with van der Waals surface area (Å²) < 4.78 is 1.90. The van der Waals surface area contributed by atoms with Crippen LogP contribution in [0, 0.1) is 12.8 Å². The molecule has 1 amide bonds. The summed E-state index contributed by atoms with van der Waals surface area (Å²) in [5.41, 5.74) is 3.42. The van der Waals surface area contributed by atoms with Gasteiger partial charge in [-0.1, -0.05) is 50.6 Å². The molecule has 2 aromatic rings. The molecule has 0 saturated carbocycles. The fourth-order valence-electron chi connectivity index (χ4n) is 2.76. The van der Waals surface area contributed by atoms with Crippen LogP contribution in [0.15, 0.2) is 30.5 Å². The Kier molecular flexibility index (Phi) is 6.15. The highest BCUT2D eigenvalue weighted by Gasteiger charge is 2.18. The normalized spacial score (nSPS) is 12.4. The van der Waals surface area contributed by atoms with Crippen molar-refractivity contribution in [2.75, 3.05) is 6.54 Å². The molecular weight excluding hydrogens is 302 g/mol. The number of nitrogens with zero attached hydrogens (tertiary/aromatic N) is 2. The minimum atomic E-state index is -0.718. The first-order chi connectivity index (χ1) is 11.4. The zero-order valence-electron chi connectivity index (χ0n) is 14.9. The zero-order valence-corrected chi connectivity index (χ0v) is 14.9. The van der Waals surface area contributed by atoms with E-state index in [-0.39, 0.29) is 12.5 Å². The number of aromatic nitrogens is 2. The Labute approximate surface area is 143 Å². The lowest BCUT2D eigenvalue weighted by Crippen LogP contribution is -2.29. The molecule has 0 bridgehead atoms. The third-order valence-electron chi connectivity index (χ3n) is 3.95. The molecule has 0 aliphatic heterocycles. The summed E-state index contributed by atoms with van der Waals surface area (Å²) >= 11 is 0. The number of rotatable bonds is 7. The quantitative estimate of drug-likeness (QED) is 0.821. The molecule has 1 unspecified atom stereocenters. The Morgan fingerprint density at radius 1 is 1.38 bits per heavy atom. The van der Waals surface area contributed by atoms with E-state index in [0.29, 0.717) is 11.5 Å². The molecule has 24 heavy (non-hydrogen) atoms. The van der Waals surface area contributed by atoms with Gasteiger partial charge in [0.2, 0.25) is 0 Å². The van der Waals surface area contributed by atoms with Crippen molar-refractivity contribution in [2.45, 2.75) is 46.8 Å². The fourth-order valence-corrected chi connectivity index (χ4v) is 2.76. The van der Waals surface area contributed by atoms with Gasteiger partial charge in [0.1, 0.15) is 0 Å². The molecule has 130 valence electrons. The van der Waals surface area contributed by atoms with Gasteiger partial charge in [-0.3, -0.25) is 9.48 Å². The summed E-state index contributed by atoms with van der Waals surface area (Å²) in [4.78, 5) is 12.5. The lowest BCUT2D eigenvalue weighted by Gasteiger charge is -2.13. The molecule has 0 fully saturated rings. The van der Waals surface area contributed by atoms with Crippen molar-refractivity contribution in [1.29, 1.82) is 0 Å². The van der Waals surface area contributed by atoms with E-state index >= 15 is 0 Å². The van der Waals surface area contributed by atoms with Gasteiger partial charge in [0.25, 0.3) is 5.91 Å². The van der Waals surface area contributed by atoms with E-state index in [9.17, 15) is 9.90 Å². The highest BCUT2D eigenvalue weighted by molar-refractivity contribution is 5.95. The van der Waals surface area contributed by atoms with Crippen molar-refractivity contribution in [2.24, 2.45) is 5.92 Å². The van der Waals surface area contributed by atoms with Gasteiger partial charge in [0.15, 0.2) is 0 Å². The first-order valence-electron chi connectivity index (χ1n) is 8.49. The third-order valence-corrected chi connectivity index (χ3v) is 3.95. The van der Waals surface area contributed by atoms with Crippen LogP contribution in [0.1, 0.15) is 54.1 Å². The van der Waals surface area contributed by atoms with Gasteiger partial charge in [-0.25, -0.2) is 0 Å². The second-order valence-electron chi connectivity index (χ2n) is 6.57. The molecule has 0 radical (unpaired) electrons. The summed E-state index contributed by atoms with van der Waals surface area (Å²) in [6.07, 6.45) is 1.65. The first kappa shape index (κ1) is 18.2. The van der Waals surface area contributed by atoms with E-state index in [1.54, 1.807) is 6.20 Å². The molecule has 1 aromatic heterocycles. The lowest BCUT2D eigenvalue weighted by molar-refractivity contribution is 0.0915. The average Bonchev–Trinajstić information content (AvgIpc) is 2.94. The predicted octanol–water partition coefficient (Wildman–Crippen LogP) is 2.87. The molecule has 5 heteroatoms. The van der Waals surface area contributed by atoms with Crippen molar-refractivity contribution in [3.63, 3.8) is 0 Å². The van der Waals surface area contributed by atoms with Gasteiger partial charge in [-0.15, -0.1) is 0 Å². The molecule has 2 rings (SSSR count). The van der Waals surface area contributed by atoms with Crippen LogP contribution < -0.4 is 5.32 Å². The van der Waals surface area contributed by atoms with E-state index in [1.807, 2.05) is 42.8 Å². The molecule has 1 aromatic carbocycles. The van der Waals surface area contributed by atoms with Crippen LogP contribution in [-0.2, 0) is 13.0 Å². The van der Waals surface area contributed by atoms with Crippen LogP contribution >= 0.6 is 0 Å². The van der Waals surface area contributed by atoms with E-state index in [4.69, 9.17) is 0 Å². The molecule has 0 spiro atoms. The van der Waals surface area contributed by atoms with Crippen molar-refractivity contribution >= 4 is 5.91 Å². The highest BCUT2D eigenvalue weighted by atomic mass is 16.3. The van der Waals surface area contributed by atoms with Crippen molar-refractivity contribution < 1.29 is 9.90 Å². The molecule has 0 saturated heterocycles. The standard InChI is InChI=1S/C19H27N3O2/c1-5-17-16(10-21-22(17)12-13(2)3)19(24)20-11-18(23)15-8-6-7-14(4)9-15/h6-10,13,18,23H,5,11-12H2,1-4H3,(H,20,24). The highest BCUT2D eigenvalue weighted by Crippen LogP contribution is 2.15. The smallest absolute Gasteiger partial charge is 0.254 e. The number of aliphatic hydroxyl groups is 1. The molecule has 2 N–H and O–H groups in total. The number of aryl methyl sites for hydroxylation is 1. The minimum Gasteiger partial charge on any atom is -0.387 e. The largest absolute Gasteiger partial charge is 0.387 e. The topological polar surface area (TPSA) is 67.2 Å². The lowest BCUT2D eigenvalue weighted by atomic mass is 10.1. The maximum atomic E-state index is 12.5. The Morgan fingerprint density at radius 2 is 2.12 bits per heavy atom. The summed E-state index contributed by atoms with van der Waals surface area (Å²) in [6.45, 7) is 9.22. The summed E-state index contributed by atoms with van der Waals surface area (Å²) in [6, 6.07) is 7.67. The maximum absolute atomic E-state index is 12.5. The molecule has 0 aliphatic rings. The van der Waals surface area contributed by atoms with Gasteiger partial charge >= 0.3 is 0 Å². The van der Waals surface area contributed by atoms with Crippen molar-refractivity contribution in [3.05, 3.63) is 52.8 Å².